The number of nitriles is 1. The Morgan fingerprint density at radius 2 is 2.33 bits per heavy atom. The smallest absolute Gasteiger partial charge is 0.103 e. The van der Waals surface area contributed by atoms with Crippen molar-refractivity contribution in [2.75, 3.05) is 18.1 Å². The maximum atomic E-state index is 8.84. The lowest BCUT2D eigenvalue weighted by Crippen LogP contribution is -1.99. The summed E-state index contributed by atoms with van der Waals surface area (Å²) in [5.41, 5.74) is 9.53. The van der Waals surface area contributed by atoms with Gasteiger partial charge in [0.25, 0.3) is 0 Å². The zero-order chi connectivity index (χ0) is 11.0. The van der Waals surface area contributed by atoms with E-state index in [1.54, 1.807) is 4.52 Å². The predicted molar refractivity (Wildman–Crippen MR) is 58.6 cm³/mol. The fourth-order valence-corrected chi connectivity index (χ4v) is 1.66. The summed E-state index contributed by atoms with van der Waals surface area (Å²) < 4.78 is 1.68. The van der Waals surface area contributed by atoms with E-state index in [1.165, 1.54) is 6.20 Å². The average Bonchev–Trinajstić information content (AvgIpc) is 2.57. The first-order valence-corrected chi connectivity index (χ1v) is 4.53. The molecule has 0 bridgehead atoms. The second kappa shape index (κ2) is 3.17. The molecule has 0 aliphatic heterocycles. The van der Waals surface area contributed by atoms with Gasteiger partial charge in [-0.1, -0.05) is 0 Å². The highest BCUT2D eigenvalue weighted by Crippen LogP contribution is 2.27. The van der Waals surface area contributed by atoms with Crippen LogP contribution in [0.2, 0.25) is 0 Å². The zero-order valence-corrected chi connectivity index (χ0v) is 8.57. The number of anilines is 2. The van der Waals surface area contributed by atoms with Crippen molar-refractivity contribution >= 4 is 16.9 Å². The van der Waals surface area contributed by atoms with Crippen molar-refractivity contribution in [2.24, 2.45) is 0 Å². The van der Waals surface area contributed by atoms with Crippen molar-refractivity contribution in [1.82, 2.24) is 9.61 Å². The van der Waals surface area contributed by atoms with Crippen molar-refractivity contribution in [1.29, 1.82) is 5.26 Å². The lowest BCUT2D eigenvalue weighted by molar-refractivity contribution is 0.939. The van der Waals surface area contributed by atoms with Gasteiger partial charge < -0.3 is 11.1 Å². The van der Waals surface area contributed by atoms with Crippen molar-refractivity contribution in [2.45, 2.75) is 6.92 Å². The maximum absolute atomic E-state index is 8.84. The van der Waals surface area contributed by atoms with E-state index in [2.05, 4.69) is 10.4 Å². The molecule has 0 aliphatic rings. The van der Waals surface area contributed by atoms with Gasteiger partial charge in [-0.15, -0.1) is 0 Å². The zero-order valence-electron chi connectivity index (χ0n) is 8.57. The molecule has 0 atom stereocenters. The Balaban J connectivity index is 2.87. The summed E-state index contributed by atoms with van der Waals surface area (Å²) >= 11 is 0. The van der Waals surface area contributed by atoms with Crippen LogP contribution in [0.25, 0.3) is 5.52 Å². The second-order valence-corrected chi connectivity index (χ2v) is 3.29. The molecule has 0 radical (unpaired) electrons. The molecule has 5 heteroatoms. The largest absolute Gasteiger partial charge is 0.396 e. The van der Waals surface area contributed by atoms with E-state index in [0.717, 1.165) is 16.8 Å². The average molecular weight is 201 g/mol. The highest BCUT2D eigenvalue weighted by atomic mass is 15.2. The minimum Gasteiger partial charge on any atom is -0.396 e. The third-order valence-electron chi connectivity index (χ3n) is 2.49. The van der Waals surface area contributed by atoms with E-state index in [-0.39, 0.29) is 0 Å². The predicted octanol–water partition coefficient (Wildman–Crippen LogP) is 1.14. The molecule has 0 saturated heterocycles. The molecular weight excluding hydrogens is 190 g/mol. The van der Waals surface area contributed by atoms with Crippen LogP contribution in [-0.4, -0.2) is 16.7 Å². The van der Waals surface area contributed by atoms with Crippen molar-refractivity contribution < 1.29 is 0 Å². The molecule has 0 amide bonds. The highest BCUT2D eigenvalue weighted by Gasteiger charge is 2.11. The van der Waals surface area contributed by atoms with Crippen LogP contribution in [-0.2, 0) is 0 Å². The molecule has 2 aromatic heterocycles. The Morgan fingerprint density at radius 1 is 1.60 bits per heavy atom. The van der Waals surface area contributed by atoms with Crippen LogP contribution in [0.3, 0.4) is 0 Å². The summed E-state index contributed by atoms with van der Waals surface area (Å²) in [4.78, 5) is 0. The summed E-state index contributed by atoms with van der Waals surface area (Å²) in [5.74, 6) is 0. The SMILES string of the molecule is CNc1cn2ncc(C#N)c(N)c2c1C. The van der Waals surface area contributed by atoms with E-state index >= 15 is 0 Å². The van der Waals surface area contributed by atoms with Gasteiger partial charge >= 0.3 is 0 Å². The van der Waals surface area contributed by atoms with Gasteiger partial charge in [0.05, 0.1) is 34.8 Å². The molecular formula is C10H11N5. The molecule has 0 aromatic carbocycles. The Hall–Kier alpha value is -2.22. The number of rotatable bonds is 1. The summed E-state index contributed by atoms with van der Waals surface area (Å²) in [5, 5.41) is 16.0. The first-order valence-electron chi connectivity index (χ1n) is 4.53. The van der Waals surface area contributed by atoms with Crippen molar-refractivity contribution in [3.8, 4) is 6.07 Å². The third-order valence-corrected chi connectivity index (χ3v) is 2.49. The van der Waals surface area contributed by atoms with E-state index in [0.29, 0.717) is 11.3 Å². The highest BCUT2D eigenvalue weighted by molar-refractivity contribution is 5.83. The van der Waals surface area contributed by atoms with Crippen LogP contribution in [0.1, 0.15) is 11.1 Å². The number of aromatic nitrogens is 2. The monoisotopic (exact) mass is 201 g/mol. The van der Waals surface area contributed by atoms with E-state index in [1.807, 2.05) is 26.2 Å². The van der Waals surface area contributed by atoms with E-state index in [9.17, 15) is 0 Å². The number of hydrogen-bond donors (Lipinski definition) is 2. The molecule has 15 heavy (non-hydrogen) atoms. The Bertz CT molecular complexity index is 561. The van der Waals surface area contributed by atoms with Gasteiger partial charge in [0, 0.05) is 12.6 Å². The van der Waals surface area contributed by atoms with Gasteiger partial charge in [0.1, 0.15) is 6.07 Å². The molecule has 0 spiro atoms. The van der Waals surface area contributed by atoms with Crippen LogP contribution < -0.4 is 11.1 Å². The molecule has 2 rings (SSSR count). The fraction of sp³-hybridized carbons (Fsp3) is 0.200. The minimum atomic E-state index is 0.409. The Kier molecular flexibility index (Phi) is 1.97. The summed E-state index contributed by atoms with van der Waals surface area (Å²) in [6.07, 6.45) is 3.32. The standard InChI is InChI=1S/C10H11N5/c1-6-8(13-2)5-15-10(6)9(12)7(3-11)4-14-15/h4-5,13H,12H2,1-2H3. The lowest BCUT2D eigenvalue weighted by Gasteiger charge is -2.01. The molecule has 76 valence electrons. The number of nitrogens with one attached hydrogen (secondary N) is 1. The molecule has 0 unspecified atom stereocenters. The summed E-state index contributed by atoms with van der Waals surface area (Å²) in [7, 11) is 1.84. The topological polar surface area (TPSA) is 79.1 Å². The van der Waals surface area contributed by atoms with Crippen molar-refractivity contribution in [3.05, 3.63) is 23.5 Å². The van der Waals surface area contributed by atoms with E-state index in [4.69, 9.17) is 11.0 Å². The van der Waals surface area contributed by atoms with Crippen LogP contribution >= 0.6 is 0 Å². The van der Waals surface area contributed by atoms with Gasteiger partial charge in [-0.2, -0.15) is 10.4 Å². The molecule has 0 aliphatic carbocycles. The second-order valence-electron chi connectivity index (χ2n) is 3.29. The van der Waals surface area contributed by atoms with Crippen LogP contribution in [0.4, 0.5) is 11.4 Å². The van der Waals surface area contributed by atoms with E-state index < -0.39 is 0 Å². The first-order chi connectivity index (χ1) is 7.19. The normalized spacial score (nSPS) is 10.2. The Labute approximate surface area is 87.1 Å². The first kappa shape index (κ1) is 9.34. The molecule has 2 heterocycles. The van der Waals surface area contributed by atoms with Crippen LogP contribution in [0.15, 0.2) is 12.4 Å². The van der Waals surface area contributed by atoms with Gasteiger partial charge in [0.15, 0.2) is 0 Å². The quantitative estimate of drug-likeness (QED) is 0.725. The van der Waals surface area contributed by atoms with Crippen molar-refractivity contribution in [3.63, 3.8) is 0 Å². The summed E-state index contributed by atoms with van der Waals surface area (Å²) in [6.45, 7) is 1.94. The number of hydrogen-bond acceptors (Lipinski definition) is 4. The number of aryl methyl sites for hydroxylation is 1. The number of nitrogen functional groups attached to an aromatic ring is 1. The number of nitrogens with two attached hydrogens (primary N) is 1. The third kappa shape index (κ3) is 1.19. The maximum Gasteiger partial charge on any atom is 0.103 e. The molecule has 5 nitrogen and oxygen atoms in total. The van der Waals surface area contributed by atoms with Crippen LogP contribution in [0, 0.1) is 18.3 Å². The van der Waals surface area contributed by atoms with Gasteiger partial charge in [0.2, 0.25) is 0 Å². The van der Waals surface area contributed by atoms with Crippen LogP contribution in [0.5, 0.6) is 0 Å². The van der Waals surface area contributed by atoms with Gasteiger partial charge in [-0.3, -0.25) is 0 Å². The number of nitrogens with zero attached hydrogens (tertiary/aromatic N) is 3. The van der Waals surface area contributed by atoms with Gasteiger partial charge in [-0.05, 0) is 6.92 Å². The molecule has 0 fully saturated rings. The number of fused-ring (bicyclic) bond motifs is 1. The minimum absolute atomic E-state index is 0.409. The van der Waals surface area contributed by atoms with Gasteiger partial charge in [-0.25, -0.2) is 4.52 Å². The fourth-order valence-electron chi connectivity index (χ4n) is 1.66. The molecule has 0 saturated carbocycles. The molecule has 3 N–H and O–H groups in total. The molecule has 2 aromatic rings. The summed E-state index contributed by atoms with van der Waals surface area (Å²) in [6, 6.07) is 2.02. The Morgan fingerprint density at radius 3 is 2.93 bits per heavy atom. The lowest BCUT2D eigenvalue weighted by atomic mass is 10.2.